The van der Waals surface area contributed by atoms with E-state index in [1.807, 2.05) is 60.7 Å². The van der Waals surface area contributed by atoms with Crippen molar-refractivity contribution in [1.29, 1.82) is 5.26 Å². The molecule has 0 saturated carbocycles. The van der Waals surface area contributed by atoms with Gasteiger partial charge in [0.25, 0.3) is 0 Å². The molecular formula is C47H29N5. The normalized spacial score (nSPS) is 11.4. The maximum absolute atomic E-state index is 9.49. The Morgan fingerprint density at radius 2 is 1.04 bits per heavy atom. The molecule has 0 saturated heterocycles. The zero-order valence-corrected chi connectivity index (χ0v) is 28.0. The van der Waals surface area contributed by atoms with Crippen molar-refractivity contribution in [3.05, 3.63) is 181 Å². The van der Waals surface area contributed by atoms with E-state index in [1.165, 1.54) is 21.5 Å². The summed E-state index contributed by atoms with van der Waals surface area (Å²) < 4.78 is 4.71. The van der Waals surface area contributed by atoms with Crippen molar-refractivity contribution in [3.63, 3.8) is 0 Å². The van der Waals surface area contributed by atoms with E-state index in [4.69, 9.17) is 9.97 Å². The second-order valence-corrected chi connectivity index (χ2v) is 13.0. The first-order valence-electron chi connectivity index (χ1n) is 17.3. The molecule has 0 bridgehead atoms. The molecule has 7 aromatic carbocycles. The molecule has 3 heterocycles. The van der Waals surface area contributed by atoms with E-state index in [2.05, 4.69) is 130 Å². The van der Waals surface area contributed by atoms with Crippen LogP contribution < -0.4 is 0 Å². The predicted molar refractivity (Wildman–Crippen MR) is 212 cm³/mol. The molecular weight excluding hydrogens is 635 g/mol. The summed E-state index contributed by atoms with van der Waals surface area (Å²) in [6.45, 7) is 0. The third-order valence-corrected chi connectivity index (χ3v) is 9.95. The van der Waals surface area contributed by atoms with E-state index >= 15 is 0 Å². The number of hydrogen-bond donors (Lipinski definition) is 0. The van der Waals surface area contributed by atoms with Crippen LogP contribution in [-0.4, -0.2) is 19.1 Å². The molecule has 5 heteroatoms. The third-order valence-electron chi connectivity index (χ3n) is 9.95. The van der Waals surface area contributed by atoms with Crippen LogP contribution in [0.25, 0.3) is 88.9 Å². The largest absolute Gasteiger partial charge is 0.309 e. The summed E-state index contributed by atoms with van der Waals surface area (Å²) in [4.78, 5) is 10.2. The van der Waals surface area contributed by atoms with Crippen LogP contribution in [0.5, 0.6) is 0 Å². The topological polar surface area (TPSA) is 59.4 Å². The molecule has 3 aromatic heterocycles. The van der Waals surface area contributed by atoms with Crippen molar-refractivity contribution in [2.45, 2.75) is 0 Å². The van der Waals surface area contributed by atoms with Gasteiger partial charge in [-0.25, -0.2) is 9.97 Å². The minimum absolute atomic E-state index is 0.641. The third kappa shape index (κ3) is 4.70. The van der Waals surface area contributed by atoms with Gasteiger partial charge in [0.2, 0.25) is 0 Å². The lowest BCUT2D eigenvalue weighted by Crippen LogP contribution is -1.98. The first-order valence-corrected chi connectivity index (χ1v) is 17.3. The van der Waals surface area contributed by atoms with Gasteiger partial charge in [0, 0.05) is 49.6 Å². The van der Waals surface area contributed by atoms with Gasteiger partial charge in [-0.2, -0.15) is 5.26 Å². The minimum Gasteiger partial charge on any atom is -0.309 e. The highest BCUT2D eigenvalue weighted by molar-refractivity contribution is 6.26. The van der Waals surface area contributed by atoms with Crippen LogP contribution in [0.3, 0.4) is 0 Å². The Kier molecular flexibility index (Phi) is 6.80. The molecule has 10 aromatic rings. The lowest BCUT2D eigenvalue weighted by molar-refractivity contribution is 1.16. The minimum atomic E-state index is 0.641. The SMILES string of the molecule is N#Cc1ccc(-n2c3ccccc3c3c2ccc2c4ccccc4n(-c4cccc(-c5cc(-c6ccccc6)nc(-c6ccccc6)n5)c4)c23)cc1. The van der Waals surface area contributed by atoms with Gasteiger partial charge >= 0.3 is 0 Å². The molecule has 242 valence electrons. The van der Waals surface area contributed by atoms with Gasteiger partial charge in [-0.3, -0.25) is 0 Å². The summed E-state index contributed by atoms with van der Waals surface area (Å²) in [6.07, 6.45) is 0. The molecule has 0 aliphatic carbocycles. The van der Waals surface area contributed by atoms with Crippen molar-refractivity contribution in [1.82, 2.24) is 19.1 Å². The molecule has 0 radical (unpaired) electrons. The number of rotatable bonds is 5. The lowest BCUT2D eigenvalue weighted by Gasteiger charge is -2.13. The average molecular weight is 664 g/mol. The van der Waals surface area contributed by atoms with Crippen LogP contribution in [-0.2, 0) is 0 Å². The molecule has 0 aliphatic heterocycles. The highest BCUT2D eigenvalue weighted by Crippen LogP contribution is 2.42. The van der Waals surface area contributed by atoms with Crippen molar-refractivity contribution < 1.29 is 0 Å². The second-order valence-electron chi connectivity index (χ2n) is 13.0. The number of para-hydroxylation sites is 2. The van der Waals surface area contributed by atoms with Crippen molar-refractivity contribution >= 4 is 43.6 Å². The number of nitriles is 1. The van der Waals surface area contributed by atoms with Gasteiger partial charge in [0.15, 0.2) is 5.82 Å². The van der Waals surface area contributed by atoms with Crippen molar-refractivity contribution in [2.75, 3.05) is 0 Å². The fourth-order valence-corrected chi connectivity index (χ4v) is 7.61. The van der Waals surface area contributed by atoms with E-state index in [1.54, 1.807) is 0 Å². The van der Waals surface area contributed by atoms with E-state index in [9.17, 15) is 5.26 Å². The standard InChI is InChI=1S/C47H29N5/c48-30-31-22-24-35(25-23-31)51-43-21-10-8-19-39(43)45-44(51)27-26-38-37-18-7-9-20-42(37)52(46(38)45)36-17-11-16-34(28-36)41-29-40(32-12-3-1-4-13-32)49-47(50-41)33-14-5-2-6-15-33/h1-29H. The van der Waals surface area contributed by atoms with Crippen LogP contribution in [0, 0.1) is 11.3 Å². The first-order chi connectivity index (χ1) is 25.7. The Hall–Kier alpha value is -7.29. The molecule has 0 fully saturated rings. The summed E-state index contributed by atoms with van der Waals surface area (Å²) in [5.74, 6) is 0.691. The first kappa shape index (κ1) is 29.6. The maximum Gasteiger partial charge on any atom is 0.160 e. The smallest absolute Gasteiger partial charge is 0.160 e. The van der Waals surface area contributed by atoms with E-state index < -0.39 is 0 Å². The van der Waals surface area contributed by atoms with Crippen molar-refractivity contribution in [2.24, 2.45) is 0 Å². The van der Waals surface area contributed by atoms with Crippen LogP contribution >= 0.6 is 0 Å². The molecule has 0 N–H and O–H groups in total. The van der Waals surface area contributed by atoms with Gasteiger partial charge < -0.3 is 9.13 Å². The average Bonchev–Trinajstić information content (AvgIpc) is 3.74. The molecule has 5 nitrogen and oxygen atoms in total. The lowest BCUT2D eigenvalue weighted by atomic mass is 10.1. The van der Waals surface area contributed by atoms with Gasteiger partial charge in [-0.15, -0.1) is 0 Å². The summed E-state index contributed by atoms with van der Waals surface area (Å²) in [5.41, 5.74) is 12.0. The maximum atomic E-state index is 9.49. The fourth-order valence-electron chi connectivity index (χ4n) is 7.61. The highest BCUT2D eigenvalue weighted by Gasteiger charge is 2.21. The van der Waals surface area contributed by atoms with Gasteiger partial charge in [0.05, 0.1) is 45.1 Å². The van der Waals surface area contributed by atoms with Gasteiger partial charge in [0.1, 0.15) is 0 Å². The van der Waals surface area contributed by atoms with Gasteiger partial charge in [-0.1, -0.05) is 115 Å². The summed E-state index contributed by atoms with van der Waals surface area (Å²) in [7, 11) is 0. The van der Waals surface area contributed by atoms with E-state index in [0.29, 0.717) is 11.4 Å². The van der Waals surface area contributed by atoms with Crippen molar-refractivity contribution in [3.8, 4) is 51.3 Å². The quantitative estimate of drug-likeness (QED) is 0.184. The van der Waals surface area contributed by atoms with Gasteiger partial charge in [-0.05, 0) is 60.7 Å². The van der Waals surface area contributed by atoms with Crippen LogP contribution in [0.4, 0.5) is 0 Å². The molecule has 0 unspecified atom stereocenters. The Balaban J connectivity index is 1.24. The predicted octanol–water partition coefficient (Wildman–Crippen LogP) is 11.5. The van der Waals surface area contributed by atoms with Crippen LogP contribution in [0.2, 0.25) is 0 Å². The second kappa shape index (κ2) is 11.9. The molecule has 0 amide bonds. The van der Waals surface area contributed by atoms with E-state index in [-0.39, 0.29) is 0 Å². The van der Waals surface area contributed by atoms with Crippen LogP contribution in [0.15, 0.2) is 176 Å². The van der Waals surface area contributed by atoms with Crippen LogP contribution in [0.1, 0.15) is 5.56 Å². The Morgan fingerprint density at radius 3 is 1.77 bits per heavy atom. The zero-order chi connectivity index (χ0) is 34.6. The Bertz CT molecular complexity index is 2950. The van der Waals surface area contributed by atoms with E-state index in [0.717, 1.165) is 61.5 Å². The molecule has 52 heavy (non-hydrogen) atoms. The molecule has 10 rings (SSSR count). The Labute approximate surface area is 299 Å². The molecule has 0 atom stereocenters. The molecule has 0 aliphatic rings. The summed E-state index contributed by atoms with van der Waals surface area (Å²) in [5, 5.41) is 14.2. The highest BCUT2D eigenvalue weighted by atomic mass is 15.0. The number of fused-ring (bicyclic) bond motifs is 7. The number of hydrogen-bond acceptors (Lipinski definition) is 3. The number of benzene rings is 7. The Morgan fingerprint density at radius 1 is 0.423 bits per heavy atom. The zero-order valence-electron chi connectivity index (χ0n) is 28.0. The number of aromatic nitrogens is 4. The number of nitrogens with zero attached hydrogens (tertiary/aromatic N) is 5. The monoisotopic (exact) mass is 663 g/mol. The summed E-state index contributed by atoms with van der Waals surface area (Å²) >= 11 is 0. The summed E-state index contributed by atoms with van der Waals surface area (Å²) in [6, 6.07) is 63.1. The molecule has 0 spiro atoms. The fraction of sp³-hybridized carbons (Fsp3) is 0.